The molecule has 0 radical (unpaired) electrons. The Labute approximate surface area is 191 Å². The lowest BCUT2D eigenvalue weighted by Crippen LogP contribution is -2.36. The first-order chi connectivity index (χ1) is 15.9. The molecule has 0 aliphatic rings. The molecule has 0 saturated carbocycles. The normalized spacial score (nSPS) is 12.4. The SMILES string of the molecule is [2H]C(c1ccccc1CCCCCC(=O)O)N(C(=O)c1ccc(-c2ccco2)cc1)C(C)C. The van der Waals surface area contributed by atoms with Crippen LogP contribution in [0.5, 0.6) is 0 Å². The fourth-order valence-corrected chi connectivity index (χ4v) is 3.62. The molecule has 5 nitrogen and oxygen atoms in total. The van der Waals surface area contributed by atoms with Gasteiger partial charge in [-0.15, -0.1) is 0 Å². The van der Waals surface area contributed by atoms with E-state index in [1.165, 1.54) is 0 Å². The lowest BCUT2D eigenvalue weighted by molar-refractivity contribution is -0.137. The van der Waals surface area contributed by atoms with Crippen LogP contribution in [-0.4, -0.2) is 27.9 Å². The number of amides is 1. The van der Waals surface area contributed by atoms with Gasteiger partial charge in [-0.3, -0.25) is 9.59 Å². The van der Waals surface area contributed by atoms with Crippen molar-refractivity contribution in [3.63, 3.8) is 0 Å². The van der Waals surface area contributed by atoms with Gasteiger partial charge in [0.05, 0.1) is 7.63 Å². The molecule has 5 heteroatoms. The van der Waals surface area contributed by atoms with Gasteiger partial charge < -0.3 is 14.4 Å². The number of nitrogens with zero attached hydrogens (tertiary/aromatic N) is 1. The second-order valence-electron chi connectivity index (χ2n) is 8.14. The molecule has 32 heavy (non-hydrogen) atoms. The first-order valence-corrected chi connectivity index (χ1v) is 11.1. The summed E-state index contributed by atoms with van der Waals surface area (Å²) < 4.78 is 14.4. The summed E-state index contributed by atoms with van der Waals surface area (Å²) in [6.07, 6.45) is 4.86. The van der Waals surface area contributed by atoms with Crippen molar-refractivity contribution in [1.82, 2.24) is 4.90 Å². The fourth-order valence-electron chi connectivity index (χ4n) is 3.62. The zero-order chi connectivity index (χ0) is 23.8. The molecule has 3 aromatic rings. The van der Waals surface area contributed by atoms with Gasteiger partial charge in [0.25, 0.3) is 5.91 Å². The molecular weight excluding hydrogens is 402 g/mol. The molecule has 2 aromatic carbocycles. The highest BCUT2D eigenvalue weighted by Gasteiger charge is 2.20. The number of carboxylic acid groups (broad SMARTS) is 1. The van der Waals surface area contributed by atoms with Crippen molar-refractivity contribution >= 4 is 11.9 Å². The third kappa shape index (κ3) is 6.33. The van der Waals surface area contributed by atoms with Gasteiger partial charge in [-0.1, -0.05) is 42.8 Å². The van der Waals surface area contributed by atoms with Crippen molar-refractivity contribution in [2.75, 3.05) is 0 Å². The second-order valence-corrected chi connectivity index (χ2v) is 8.14. The molecule has 1 amide bonds. The predicted octanol–water partition coefficient (Wildman–Crippen LogP) is 6.18. The van der Waals surface area contributed by atoms with Crippen LogP contribution in [0.25, 0.3) is 11.3 Å². The van der Waals surface area contributed by atoms with Gasteiger partial charge in [-0.25, -0.2) is 0 Å². The number of rotatable bonds is 11. The molecule has 1 unspecified atom stereocenters. The third-order valence-electron chi connectivity index (χ3n) is 5.40. The van der Waals surface area contributed by atoms with Gasteiger partial charge in [0, 0.05) is 30.1 Å². The van der Waals surface area contributed by atoms with Crippen LogP contribution < -0.4 is 0 Å². The maximum atomic E-state index is 13.4. The Hall–Kier alpha value is -3.34. The van der Waals surface area contributed by atoms with Crippen LogP contribution in [0.1, 0.15) is 62.4 Å². The number of aryl methyl sites for hydroxylation is 1. The molecule has 1 atom stereocenters. The summed E-state index contributed by atoms with van der Waals surface area (Å²) in [7, 11) is 0. The predicted molar refractivity (Wildman–Crippen MR) is 125 cm³/mol. The molecule has 0 spiro atoms. The van der Waals surface area contributed by atoms with Crippen molar-refractivity contribution < 1.29 is 20.5 Å². The van der Waals surface area contributed by atoms with E-state index in [1.807, 2.05) is 62.4 Å². The number of benzene rings is 2. The molecule has 1 aromatic heterocycles. The molecule has 1 heterocycles. The lowest BCUT2D eigenvalue weighted by atomic mass is 9.99. The van der Waals surface area contributed by atoms with E-state index in [1.54, 1.807) is 23.3 Å². The zero-order valence-corrected chi connectivity index (χ0v) is 18.7. The van der Waals surface area contributed by atoms with Crippen molar-refractivity contribution in [2.45, 2.75) is 58.5 Å². The minimum absolute atomic E-state index is 0.159. The van der Waals surface area contributed by atoms with E-state index < -0.39 is 12.5 Å². The van der Waals surface area contributed by atoms with Gasteiger partial charge in [0.2, 0.25) is 0 Å². The van der Waals surface area contributed by atoms with E-state index in [9.17, 15) is 9.59 Å². The van der Waals surface area contributed by atoms with Crippen molar-refractivity contribution in [2.24, 2.45) is 0 Å². The van der Waals surface area contributed by atoms with Crippen LogP contribution in [-0.2, 0) is 17.7 Å². The first-order valence-electron chi connectivity index (χ1n) is 11.6. The Kier molecular flexibility index (Phi) is 7.74. The third-order valence-corrected chi connectivity index (χ3v) is 5.40. The molecule has 3 rings (SSSR count). The Morgan fingerprint density at radius 1 is 0.969 bits per heavy atom. The number of carbonyl (C=O) groups excluding carboxylic acids is 1. The Morgan fingerprint density at radius 2 is 1.69 bits per heavy atom. The van der Waals surface area contributed by atoms with Gasteiger partial charge >= 0.3 is 5.97 Å². The summed E-state index contributed by atoms with van der Waals surface area (Å²) in [5, 5.41) is 8.80. The first kappa shape index (κ1) is 21.9. The average molecular weight is 435 g/mol. The van der Waals surface area contributed by atoms with Crippen LogP contribution in [0, 0.1) is 0 Å². The van der Waals surface area contributed by atoms with E-state index in [2.05, 4.69) is 0 Å². The summed E-state index contributed by atoms with van der Waals surface area (Å²) in [5.74, 6) is -0.220. The minimum atomic E-state index is -0.836. The highest BCUT2D eigenvalue weighted by Crippen LogP contribution is 2.22. The van der Waals surface area contributed by atoms with Crippen molar-refractivity contribution in [3.05, 3.63) is 83.6 Å². The van der Waals surface area contributed by atoms with Crippen LogP contribution in [0.2, 0.25) is 0 Å². The molecule has 0 bridgehead atoms. The standard InChI is InChI=1S/C27H31NO4/c1-20(2)28(27(31)23-16-14-22(15-17-23)25-12-8-18-32-25)19-24-11-7-6-10-21(24)9-4-3-5-13-26(29)30/h6-8,10-12,14-18,20H,3-5,9,13,19H2,1-2H3,(H,29,30)/i19D. The van der Waals surface area contributed by atoms with E-state index in [4.69, 9.17) is 10.9 Å². The Bertz CT molecular complexity index is 1040. The molecule has 168 valence electrons. The Balaban J connectivity index is 1.75. The summed E-state index contributed by atoms with van der Waals surface area (Å²) >= 11 is 0. The number of aliphatic carboxylic acids is 1. The number of carboxylic acids is 1. The van der Waals surface area contributed by atoms with Crippen LogP contribution in [0.3, 0.4) is 0 Å². The van der Waals surface area contributed by atoms with E-state index in [0.29, 0.717) is 12.0 Å². The largest absolute Gasteiger partial charge is 0.481 e. The van der Waals surface area contributed by atoms with Gasteiger partial charge in [0.15, 0.2) is 0 Å². The number of carbonyl (C=O) groups is 2. The maximum Gasteiger partial charge on any atom is 0.303 e. The van der Waals surface area contributed by atoms with Crippen molar-refractivity contribution in [1.29, 1.82) is 0 Å². The topological polar surface area (TPSA) is 70.8 Å². The smallest absolute Gasteiger partial charge is 0.303 e. The number of hydrogen-bond donors (Lipinski definition) is 1. The summed E-state index contributed by atoms with van der Waals surface area (Å²) in [6.45, 7) is 3.01. The average Bonchev–Trinajstić information content (AvgIpc) is 3.34. The zero-order valence-electron chi connectivity index (χ0n) is 19.7. The minimum Gasteiger partial charge on any atom is -0.481 e. The van der Waals surface area contributed by atoms with E-state index in [-0.39, 0.29) is 18.4 Å². The van der Waals surface area contributed by atoms with Crippen molar-refractivity contribution in [3.8, 4) is 11.3 Å². The highest BCUT2D eigenvalue weighted by molar-refractivity contribution is 5.94. The number of hydrogen-bond acceptors (Lipinski definition) is 3. The molecular formula is C27H31NO4. The molecule has 0 aliphatic carbocycles. The monoisotopic (exact) mass is 434 g/mol. The highest BCUT2D eigenvalue weighted by atomic mass is 16.4. The molecule has 1 N–H and O–H groups in total. The maximum absolute atomic E-state index is 13.4. The number of furan rings is 1. The fraction of sp³-hybridized carbons (Fsp3) is 0.333. The van der Waals surface area contributed by atoms with Crippen LogP contribution >= 0.6 is 0 Å². The summed E-state index contributed by atoms with van der Waals surface area (Å²) in [5.41, 5.74) is 3.26. The van der Waals surface area contributed by atoms with E-state index in [0.717, 1.165) is 41.7 Å². The molecule has 0 saturated heterocycles. The van der Waals surface area contributed by atoms with Crippen LogP contribution in [0.15, 0.2) is 71.3 Å². The van der Waals surface area contributed by atoms with Gasteiger partial charge in [-0.05, 0) is 68.5 Å². The van der Waals surface area contributed by atoms with E-state index >= 15 is 0 Å². The molecule has 0 aliphatic heterocycles. The Morgan fingerprint density at radius 3 is 2.31 bits per heavy atom. The quantitative estimate of drug-likeness (QED) is 0.366. The summed E-state index contributed by atoms with van der Waals surface area (Å²) in [6, 6.07) is 18.5. The van der Waals surface area contributed by atoms with Crippen LogP contribution in [0.4, 0.5) is 0 Å². The summed E-state index contributed by atoms with van der Waals surface area (Å²) in [4.78, 5) is 25.7. The van der Waals surface area contributed by atoms with Gasteiger partial charge in [-0.2, -0.15) is 0 Å². The second kappa shape index (κ2) is 11.3. The lowest BCUT2D eigenvalue weighted by Gasteiger charge is -2.28. The molecule has 0 fully saturated rings. The number of unbranched alkanes of at least 4 members (excludes halogenated alkanes) is 2. The van der Waals surface area contributed by atoms with Gasteiger partial charge in [0.1, 0.15) is 5.76 Å².